The second-order valence-electron chi connectivity index (χ2n) is 21.5. The second kappa shape index (κ2) is 30.4. The first-order valence-corrected chi connectivity index (χ1v) is 31.4. The zero-order valence-corrected chi connectivity index (χ0v) is 51.1. The van der Waals surface area contributed by atoms with Crippen LogP contribution in [0, 0.1) is 34.1 Å². The van der Waals surface area contributed by atoms with Gasteiger partial charge in [-0.1, -0.05) is 135 Å². The normalized spacial score (nSPS) is 13.5. The number of rotatable bonds is 16. The molecule has 17 nitrogen and oxygen atoms in total. The number of ether oxygens (including phenoxy) is 1. The van der Waals surface area contributed by atoms with Crippen molar-refractivity contribution in [3.63, 3.8) is 0 Å². The molecule has 2 saturated heterocycles. The number of nitro groups is 2. The van der Waals surface area contributed by atoms with E-state index in [0.717, 1.165) is 129 Å². The molecule has 87 heavy (non-hydrogen) atoms. The zero-order chi connectivity index (χ0) is 61.2. The van der Waals surface area contributed by atoms with Crippen molar-refractivity contribution in [1.82, 2.24) is 29.7 Å². The Morgan fingerprint density at radius 1 is 0.540 bits per heavy atom. The Morgan fingerprint density at radius 3 is 1.39 bits per heavy atom. The number of imidazole rings is 2. The van der Waals surface area contributed by atoms with Crippen molar-refractivity contribution in [1.29, 1.82) is 0 Å². The molecule has 0 aliphatic carbocycles. The molecule has 0 spiro atoms. The van der Waals surface area contributed by atoms with E-state index in [0.29, 0.717) is 23.5 Å². The number of aryl methyl sites for hydroxylation is 4. The molecule has 2 aromatic heterocycles. The van der Waals surface area contributed by atoms with Gasteiger partial charge in [0.2, 0.25) is 0 Å². The monoisotopic (exact) mass is 1190 g/mol. The molecule has 0 amide bonds. The van der Waals surface area contributed by atoms with E-state index in [1.807, 2.05) is 0 Å². The minimum atomic E-state index is -0.477. The SMILES string of the molecule is CCc1ccc(-c2nc3c(N4CCN(CCO)CC4)cccc3[nH]2)cc1.CCc1ccc(-c2nc3c(N4CCN(CCOc5ccc([N+](=O)[O-])c(C)c5)CC4)cccc3[nH]2)cc1.CP(c1ccccc1)c1ccccc1.Cc1cc(O)ccc1[N+](=O)[O-]. The first kappa shape index (κ1) is 62.5. The number of β-amino-alcohol motifs (C(OH)–C–C–N with tert-alkyl or cyclic N) is 1. The summed E-state index contributed by atoms with van der Waals surface area (Å²) in [6.45, 7) is 19.9. The highest BCUT2D eigenvalue weighted by Crippen LogP contribution is 2.32. The third-order valence-corrected chi connectivity index (χ3v) is 17.9. The largest absolute Gasteiger partial charge is 0.508 e. The molecule has 2 aliphatic heterocycles. The van der Waals surface area contributed by atoms with Gasteiger partial charge < -0.3 is 34.7 Å². The molecule has 8 aromatic carbocycles. The number of nitrogens with zero attached hydrogens (tertiary/aromatic N) is 8. The summed E-state index contributed by atoms with van der Waals surface area (Å²) in [5.41, 5.74) is 12.6. The van der Waals surface area contributed by atoms with Crippen LogP contribution >= 0.6 is 7.92 Å². The van der Waals surface area contributed by atoms with Crippen LogP contribution < -0.4 is 25.1 Å². The van der Waals surface area contributed by atoms with E-state index in [2.05, 4.69) is 196 Å². The Labute approximate surface area is 510 Å². The predicted octanol–water partition coefficient (Wildman–Crippen LogP) is 12.5. The van der Waals surface area contributed by atoms with Gasteiger partial charge in [-0.2, -0.15) is 0 Å². The van der Waals surface area contributed by atoms with Gasteiger partial charge in [0.1, 0.15) is 40.8 Å². The van der Waals surface area contributed by atoms with E-state index in [1.165, 1.54) is 51.7 Å². The Kier molecular flexibility index (Phi) is 21.8. The molecule has 0 atom stereocenters. The number of aromatic hydroxyl groups is 1. The fourth-order valence-corrected chi connectivity index (χ4v) is 12.2. The number of aromatic nitrogens is 4. The summed E-state index contributed by atoms with van der Waals surface area (Å²) in [6, 6.07) is 60.1. The third kappa shape index (κ3) is 16.5. The lowest BCUT2D eigenvalue weighted by Crippen LogP contribution is -2.47. The first-order valence-electron chi connectivity index (χ1n) is 29.7. The number of hydrogen-bond donors (Lipinski definition) is 4. The Morgan fingerprint density at radius 2 is 0.977 bits per heavy atom. The third-order valence-electron chi connectivity index (χ3n) is 15.8. The first-order chi connectivity index (χ1) is 42.3. The number of nitrogens with one attached hydrogen (secondary N) is 2. The lowest BCUT2D eigenvalue weighted by Gasteiger charge is -2.36. The number of aliphatic hydroxyl groups is 1. The van der Waals surface area contributed by atoms with Crippen molar-refractivity contribution in [2.75, 3.05) is 95.1 Å². The molecule has 0 unspecified atom stereocenters. The fraction of sp³-hybridized carbons (Fsp3) is 0.275. The molecule has 0 bridgehead atoms. The highest BCUT2D eigenvalue weighted by molar-refractivity contribution is 7.72. The van der Waals surface area contributed by atoms with E-state index in [1.54, 1.807) is 26.0 Å². The van der Waals surface area contributed by atoms with Gasteiger partial charge in [-0.05, 0) is 112 Å². The number of benzene rings is 8. The van der Waals surface area contributed by atoms with Gasteiger partial charge >= 0.3 is 0 Å². The van der Waals surface area contributed by atoms with E-state index in [4.69, 9.17) is 24.9 Å². The van der Waals surface area contributed by atoms with Gasteiger partial charge in [0.15, 0.2) is 0 Å². The quantitative estimate of drug-likeness (QED) is 0.0404. The summed E-state index contributed by atoms with van der Waals surface area (Å²) in [5.74, 6) is 2.54. The van der Waals surface area contributed by atoms with Crippen LogP contribution in [-0.4, -0.2) is 135 Å². The van der Waals surface area contributed by atoms with Gasteiger partial charge in [-0.25, -0.2) is 9.97 Å². The van der Waals surface area contributed by atoms with Crippen LogP contribution in [-0.2, 0) is 12.8 Å². The maximum atomic E-state index is 11.0. The standard InChI is InChI=1S/C28H31N5O3.C21H26N4O.C13H13P.C7H7NO3/c1-3-21-7-9-22(10-8-21)28-29-24-5-4-6-26(27(24)30-28)32-15-13-31(14-16-32)17-18-36-23-11-12-25(33(34)35)20(2)19-23;1-2-16-6-8-17(9-7-16)21-22-18-4-3-5-19(20(18)23-21)25-12-10-24(11-13-25)14-15-26;1-14(12-8-4-2-5-9-12)13-10-6-3-7-11-13;1-5-4-6(9)2-3-7(5)8(10)11/h4-12,19H,3,13-18H2,1-2H3,(H,29,30);3-9,26H,2,10-15H2,1H3,(H,22,23);2-11H,1H3;2-4,9H,1H3. The van der Waals surface area contributed by atoms with Crippen molar-refractivity contribution in [2.45, 2.75) is 40.5 Å². The van der Waals surface area contributed by atoms with E-state index in [-0.39, 0.29) is 36.6 Å². The number of hydrogen-bond acceptors (Lipinski definition) is 13. The van der Waals surface area contributed by atoms with Crippen molar-refractivity contribution in [2.24, 2.45) is 0 Å². The predicted molar refractivity (Wildman–Crippen MR) is 354 cm³/mol. The number of nitro benzene ring substituents is 2. The maximum absolute atomic E-state index is 11.0. The van der Waals surface area contributed by atoms with E-state index in [9.17, 15) is 20.2 Å². The lowest BCUT2D eigenvalue weighted by atomic mass is 10.1. The van der Waals surface area contributed by atoms with Crippen molar-refractivity contribution >= 4 is 63.3 Å². The molecule has 2 aliphatic rings. The molecule has 18 heteroatoms. The summed E-state index contributed by atoms with van der Waals surface area (Å²) in [4.78, 5) is 46.8. The van der Waals surface area contributed by atoms with Crippen molar-refractivity contribution in [3.8, 4) is 34.3 Å². The molecular formula is C69H77N10O7P. The van der Waals surface area contributed by atoms with Gasteiger partial charge in [-0.3, -0.25) is 30.0 Å². The summed E-state index contributed by atoms with van der Waals surface area (Å²) >= 11 is 0. The van der Waals surface area contributed by atoms with Crippen LogP contribution in [0.25, 0.3) is 44.8 Å². The number of anilines is 2. The molecular weight excluding hydrogens is 1110 g/mol. The fourth-order valence-electron chi connectivity index (χ4n) is 10.7. The average Bonchev–Trinajstić information content (AvgIpc) is 2.44. The highest BCUT2D eigenvalue weighted by Gasteiger charge is 2.23. The summed E-state index contributed by atoms with van der Waals surface area (Å²) in [6.07, 6.45) is 2.08. The number of H-pyrrole nitrogens is 2. The van der Waals surface area contributed by atoms with Crippen LogP contribution in [0.4, 0.5) is 22.7 Å². The molecule has 2 fully saturated rings. The van der Waals surface area contributed by atoms with Crippen LogP contribution in [0.2, 0.25) is 0 Å². The second-order valence-corrected chi connectivity index (χ2v) is 23.7. The number of phenolic OH excluding ortho intramolecular Hbond substituents is 1. The average molecular weight is 1190 g/mol. The van der Waals surface area contributed by atoms with Crippen LogP contribution in [0.15, 0.2) is 182 Å². The number of fused-ring (bicyclic) bond motifs is 2. The number of para-hydroxylation sites is 2. The van der Waals surface area contributed by atoms with Crippen LogP contribution in [0.1, 0.15) is 36.1 Å². The van der Waals surface area contributed by atoms with Gasteiger partial charge in [0.25, 0.3) is 11.4 Å². The Balaban J connectivity index is 0.000000153. The Bertz CT molecular complexity index is 3790. The summed E-state index contributed by atoms with van der Waals surface area (Å²) < 4.78 is 5.86. The van der Waals surface area contributed by atoms with Crippen molar-refractivity contribution in [3.05, 3.63) is 224 Å². The molecule has 450 valence electrons. The summed E-state index contributed by atoms with van der Waals surface area (Å²) in [7, 11) is -0.171. The van der Waals surface area contributed by atoms with Gasteiger partial charge in [0, 0.05) is 99.8 Å². The van der Waals surface area contributed by atoms with Gasteiger partial charge in [-0.15, -0.1) is 0 Å². The molecule has 12 rings (SSSR count). The lowest BCUT2D eigenvalue weighted by molar-refractivity contribution is -0.385. The minimum Gasteiger partial charge on any atom is -0.508 e. The number of phenols is 1. The van der Waals surface area contributed by atoms with Crippen LogP contribution in [0.5, 0.6) is 11.5 Å². The highest BCUT2D eigenvalue weighted by atomic mass is 31.1. The smallest absolute Gasteiger partial charge is 0.272 e. The maximum Gasteiger partial charge on any atom is 0.272 e. The molecule has 10 aromatic rings. The Hall–Kier alpha value is -8.99. The van der Waals surface area contributed by atoms with Gasteiger partial charge in [0.05, 0.1) is 38.9 Å². The van der Waals surface area contributed by atoms with Crippen LogP contribution in [0.3, 0.4) is 0 Å². The zero-order valence-electron chi connectivity index (χ0n) is 50.2. The summed E-state index contributed by atoms with van der Waals surface area (Å²) in [5, 5.41) is 42.1. The molecule has 0 radical (unpaired) electrons. The molecule has 4 heterocycles. The number of piperazine rings is 2. The number of aromatic amines is 2. The molecule has 4 N–H and O–H groups in total. The van der Waals surface area contributed by atoms with E-state index < -0.39 is 4.92 Å². The number of aliphatic hydroxyl groups excluding tert-OH is 1. The van der Waals surface area contributed by atoms with E-state index >= 15 is 0 Å². The van der Waals surface area contributed by atoms with Crippen molar-refractivity contribution < 1.29 is 24.8 Å². The topological polar surface area (TPSA) is 206 Å². The minimum absolute atomic E-state index is 0.0304. The molecule has 0 saturated carbocycles.